The van der Waals surface area contributed by atoms with Crippen LogP contribution in [-0.4, -0.2) is 17.6 Å². The quantitative estimate of drug-likeness (QED) is 0.637. The van der Waals surface area contributed by atoms with Crippen LogP contribution in [0.5, 0.6) is 0 Å². The van der Waals surface area contributed by atoms with Crippen molar-refractivity contribution >= 4 is 33.8 Å². The predicted molar refractivity (Wildman–Crippen MR) is 101 cm³/mol. The molecule has 0 aliphatic heterocycles. The van der Waals surface area contributed by atoms with Crippen LogP contribution in [0.15, 0.2) is 42.6 Å². The van der Waals surface area contributed by atoms with E-state index >= 15 is 0 Å². The first-order valence-corrected chi connectivity index (χ1v) is 9.45. The highest BCUT2D eigenvalue weighted by atomic mass is 32.1. The summed E-state index contributed by atoms with van der Waals surface area (Å²) < 4.78 is 5.01. The lowest BCUT2D eigenvalue weighted by Gasteiger charge is -2.12. The Morgan fingerprint density at radius 3 is 2.80 bits per heavy atom. The van der Waals surface area contributed by atoms with Crippen LogP contribution < -0.4 is 5.32 Å². The fourth-order valence-corrected chi connectivity index (χ4v) is 3.84. The van der Waals surface area contributed by atoms with Crippen LogP contribution in [0.1, 0.15) is 45.9 Å². The number of esters is 1. The summed E-state index contributed by atoms with van der Waals surface area (Å²) in [4.78, 5) is 16.6. The van der Waals surface area contributed by atoms with Crippen molar-refractivity contribution in [3.63, 3.8) is 0 Å². The molecule has 1 aliphatic carbocycles. The molecule has 0 bridgehead atoms. The first-order chi connectivity index (χ1) is 12.3. The molecule has 0 radical (unpaired) electrons. The molecule has 0 unspecified atom stereocenters. The molecule has 25 heavy (non-hydrogen) atoms. The molecule has 5 heteroatoms. The summed E-state index contributed by atoms with van der Waals surface area (Å²) >= 11 is 1.38. The maximum atomic E-state index is 11.7. The Balaban J connectivity index is 1.54. The fraction of sp³-hybridized carbons (Fsp3) is 0.300. The number of aromatic nitrogens is 1. The van der Waals surface area contributed by atoms with E-state index in [1.165, 1.54) is 40.5 Å². The number of carbonyl (C=O) groups is 1. The molecular weight excluding hydrogens is 332 g/mol. The summed E-state index contributed by atoms with van der Waals surface area (Å²) in [6, 6.07) is 13.0. The molecule has 4 nitrogen and oxygen atoms in total. The number of hydrogen-bond acceptors (Lipinski definition) is 5. The molecule has 0 atom stereocenters. The Kier molecular flexibility index (Phi) is 4.40. The van der Waals surface area contributed by atoms with Gasteiger partial charge in [0.2, 0.25) is 0 Å². The SMILES string of the molecule is CCOC(=O)c1cnc(CNc2ccc(C3CC3)c3ccccc23)s1. The number of fused-ring (bicyclic) bond motifs is 1. The van der Waals surface area contributed by atoms with E-state index in [-0.39, 0.29) is 5.97 Å². The second-order valence-corrected chi connectivity index (χ2v) is 7.33. The Bertz CT molecular complexity index is 915. The monoisotopic (exact) mass is 352 g/mol. The first-order valence-electron chi connectivity index (χ1n) is 8.63. The minimum absolute atomic E-state index is 0.300. The van der Waals surface area contributed by atoms with Gasteiger partial charge in [0.25, 0.3) is 0 Å². The molecule has 1 aromatic heterocycles. The number of anilines is 1. The van der Waals surface area contributed by atoms with Gasteiger partial charge in [-0.1, -0.05) is 30.3 Å². The lowest BCUT2D eigenvalue weighted by atomic mass is 9.99. The zero-order valence-electron chi connectivity index (χ0n) is 14.1. The number of benzene rings is 2. The second-order valence-electron chi connectivity index (χ2n) is 6.21. The first kappa shape index (κ1) is 16.1. The van der Waals surface area contributed by atoms with Crippen molar-refractivity contribution in [2.45, 2.75) is 32.2 Å². The van der Waals surface area contributed by atoms with Crippen LogP contribution in [-0.2, 0) is 11.3 Å². The van der Waals surface area contributed by atoms with Crippen molar-refractivity contribution in [3.05, 3.63) is 58.0 Å². The average molecular weight is 352 g/mol. The molecule has 0 saturated heterocycles. The van der Waals surface area contributed by atoms with E-state index in [1.54, 1.807) is 13.1 Å². The van der Waals surface area contributed by atoms with Crippen LogP contribution in [0.25, 0.3) is 10.8 Å². The van der Waals surface area contributed by atoms with E-state index < -0.39 is 0 Å². The lowest BCUT2D eigenvalue weighted by Crippen LogP contribution is -2.01. The number of ether oxygens (including phenoxy) is 1. The van der Waals surface area contributed by atoms with Crippen molar-refractivity contribution in [1.29, 1.82) is 0 Å². The second kappa shape index (κ2) is 6.84. The summed E-state index contributed by atoms with van der Waals surface area (Å²) in [5, 5.41) is 6.92. The summed E-state index contributed by atoms with van der Waals surface area (Å²) in [5.41, 5.74) is 2.56. The van der Waals surface area contributed by atoms with Gasteiger partial charge in [0.15, 0.2) is 0 Å². The van der Waals surface area contributed by atoms with E-state index in [4.69, 9.17) is 4.74 Å². The van der Waals surface area contributed by atoms with Crippen molar-refractivity contribution in [1.82, 2.24) is 4.98 Å². The Labute approximate surface area is 150 Å². The lowest BCUT2D eigenvalue weighted by molar-refractivity contribution is 0.0532. The van der Waals surface area contributed by atoms with Gasteiger partial charge in [-0.15, -0.1) is 11.3 Å². The van der Waals surface area contributed by atoms with Crippen LogP contribution in [0.3, 0.4) is 0 Å². The van der Waals surface area contributed by atoms with Gasteiger partial charge >= 0.3 is 5.97 Å². The number of hydrogen-bond donors (Lipinski definition) is 1. The molecule has 1 heterocycles. The molecule has 1 aliphatic rings. The van der Waals surface area contributed by atoms with Gasteiger partial charge in [0, 0.05) is 11.1 Å². The predicted octanol–water partition coefficient (Wildman–Crippen LogP) is 4.96. The van der Waals surface area contributed by atoms with Gasteiger partial charge in [0.1, 0.15) is 9.88 Å². The molecule has 1 saturated carbocycles. The van der Waals surface area contributed by atoms with E-state index in [1.807, 2.05) is 0 Å². The topological polar surface area (TPSA) is 51.2 Å². The summed E-state index contributed by atoms with van der Waals surface area (Å²) in [5.74, 6) is 0.426. The molecule has 1 N–H and O–H groups in total. The summed E-state index contributed by atoms with van der Waals surface area (Å²) in [6.07, 6.45) is 4.19. The minimum atomic E-state index is -0.300. The zero-order chi connectivity index (χ0) is 17.2. The Morgan fingerprint density at radius 1 is 1.24 bits per heavy atom. The van der Waals surface area contributed by atoms with Crippen LogP contribution in [0, 0.1) is 0 Å². The van der Waals surface area contributed by atoms with Gasteiger partial charge in [-0.25, -0.2) is 9.78 Å². The highest BCUT2D eigenvalue weighted by molar-refractivity contribution is 7.13. The third kappa shape index (κ3) is 3.37. The number of nitrogens with zero attached hydrogens (tertiary/aromatic N) is 1. The van der Waals surface area contributed by atoms with Crippen LogP contribution in [0.4, 0.5) is 5.69 Å². The fourth-order valence-electron chi connectivity index (χ4n) is 3.09. The van der Waals surface area contributed by atoms with Gasteiger partial charge in [-0.2, -0.15) is 0 Å². The number of rotatable bonds is 6. The largest absolute Gasteiger partial charge is 0.462 e. The van der Waals surface area contributed by atoms with Crippen LogP contribution >= 0.6 is 11.3 Å². The molecule has 128 valence electrons. The van der Waals surface area contributed by atoms with Crippen molar-refractivity contribution in [2.75, 3.05) is 11.9 Å². The minimum Gasteiger partial charge on any atom is -0.462 e. The van der Waals surface area contributed by atoms with Gasteiger partial charge in [-0.3, -0.25) is 0 Å². The number of carbonyl (C=O) groups excluding carboxylic acids is 1. The number of nitrogens with one attached hydrogen (secondary N) is 1. The smallest absolute Gasteiger partial charge is 0.349 e. The summed E-state index contributed by atoms with van der Waals surface area (Å²) in [6.45, 7) is 2.78. The van der Waals surface area contributed by atoms with Gasteiger partial charge in [-0.05, 0) is 42.7 Å². The molecule has 2 aromatic carbocycles. The van der Waals surface area contributed by atoms with Gasteiger partial charge < -0.3 is 10.1 Å². The molecule has 3 aromatic rings. The Hall–Kier alpha value is -2.40. The normalized spacial score (nSPS) is 13.8. The van der Waals surface area contributed by atoms with Gasteiger partial charge in [0.05, 0.1) is 19.3 Å². The van der Waals surface area contributed by atoms with Crippen molar-refractivity contribution < 1.29 is 9.53 Å². The third-order valence-electron chi connectivity index (χ3n) is 4.44. The molecular formula is C20H20N2O2S. The molecule has 0 spiro atoms. The third-order valence-corrected chi connectivity index (χ3v) is 5.41. The Morgan fingerprint density at radius 2 is 2.04 bits per heavy atom. The number of thiazole rings is 1. The maximum absolute atomic E-state index is 11.7. The van der Waals surface area contributed by atoms with Crippen molar-refractivity contribution in [2.24, 2.45) is 0 Å². The summed E-state index contributed by atoms with van der Waals surface area (Å²) in [7, 11) is 0. The van der Waals surface area contributed by atoms with E-state index in [0.717, 1.165) is 16.6 Å². The van der Waals surface area contributed by atoms with Crippen LogP contribution in [0.2, 0.25) is 0 Å². The average Bonchev–Trinajstić information content (AvgIpc) is 3.37. The van der Waals surface area contributed by atoms with E-state index in [0.29, 0.717) is 18.0 Å². The van der Waals surface area contributed by atoms with Crippen molar-refractivity contribution in [3.8, 4) is 0 Å². The van der Waals surface area contributed by atoms with E-state index in [9.17, 15) is 4.79 Å². The highest BCUT2D eigenvalue weighted by Gasteiger charge is 2.25. The maximum Gasteiger partial charge on any atom is 0.349 e. The highest BCUT2D eigenvalue weighted by Crippen LogP contribution is 2.44. The molecule has 0 amide bonds. The van der Waals surface area contributed by atoms with E-state index in [2.05, 4.69) is 46.7 Å². The standard InChI is InChI=1S/C20H20N2O2S/c1-2-24-20(23)18-11-22-19(25-18)12-21-17-10-9-14(13-7-8-13)15-5-3-4-6-16(15)17/h3-6,9-11,13,21H,2,7-8,12H2,1H3. The molecule has 4 rings (SSSR count). The zero-order valence-corrected chi connectivity index (χ0v) is 14.9. The molecule has 1 fully saturated rings.